The van der Waals surface area contributed by atoms with E-state index >= 15 is 0 Å². The van der Waals surface area contributed by atoms with Crippen LogP contribution in [0, 0.1) is 12.3 Å². The average molecular weight is 370 g/mol. The summed E-state index contributed by atoms with van der Waals surface area (Å²) in [5, 5.41) is 3.97. The Morgan fingerprint density at radius 3 is 2.48 bits per heavy atom. The van der Waals surface area contributed by atoms with Crippen molar-refractivity contribution in [3.8, 4) is 0 Å². The second kappa shape index (κ2) is 7.62. The largest absolute Gasteiger partial charge is 0.358 e. The highest BCUT2D eigenvalue weighted by atomic mass is 16.2. The van der Waals surface area contributed by atoms with Crippen molar-refractivity contribution in [2.45, 2.75) is 34.1 Å². The number of aromatic amines is 1. The Bertz CT molecular complexity index is 834. The van der Waals surface area contributed by atoms with Crippen molar-refractivity contribution >= 4 is 22.8 Å². The molecule has 3 amide bonds. The Kier molecular flexibility index (Phi) is 5.44. The molecule has 2 aromatic rings. The molecule has 2 heterocycles. The zero-order valence-corrected chi connectivity index (χ0v) is 16.8. The monoisotopic (exact) mass is 370 g/mol. The number of fused-ring (bicyclic) bond motifs is 1. The van der Waals surface area contributed by atoms with Gasteiger partial charge in [0.15, 0.2) is 0 Å². The highest BCUT2D eigenvalue weighted by Crippen LogP contribution is 2.24. The number of nitrogens with one attached hydrogen (secondary N) is 2. The van der Waals surface area contributed by atoms with Crippen LogP contribution in [0.1, 0.15) is 43.2 Å². The van der Waals surface area contributed by atoms with Crippen LogP contribution in [0.15, 0.2) is 24.3 Å². The normalized spacial score (nSPS) is 15.7. The standard InChI is InChI=1S/C21H30N4O2/c1-15-18(16-8-5-6-9-17(16)23-15)19(26)24-10-7-11-25(13-12-24)20(27)22-14-21(2,3)4/h5-6,8-9,23H,7,10-14H2,1-4H3,(H,22,27). The molecular formula is C21H30N4O2. The SMILES string of the molecule is Cc1[nH]c2ccccc2c1C(=O)N1CCCN(C(=O)NCC(C)(C)C)CC1. The van der Waals surface area contributed by atoms with E-state index in [1.807, 2.05) is 41.0 Å². The predicted octanol–water partition coefficient (Wildman–Crippen LogP) is 3.38. The van der Waals surface area contributed by atoms with Crippen LogP contribution in [0.5, 0.6) is 0 Å². The third kappa shape index (κ3) is 4.43. The molecule has 0 aliphatic carbocycles. The van der Waals surface area contributed by atoms with Crippen LogP contribution in [0.3, 0.4) is 0 Å². The summed E-state index contributed by atoms with van der Waals surface area (Å²) in [5.74, 6) is 0.0434. The summed E-state index contributed by atoms with van der Waals surface area (Å²) >= 11 is 0. The molecule has 0 bridgehead atoms. The summed E-state index contributed by atoms with van der Waals surface area (Å²) in [6.07, 6.45) is 0.788. The Hall–Kier alpha value is -2.50. The highest BCUT2D eigenvalue weighted by Gasteiger charge is 2.26. The van der Waals surface area contributed by atoms with E-state index in [1.54, 1.807) is 0 Å². The molecule has 1 aromatic heterocycles. The number of hydrogen-bond acceptors (Lipinski definition) is 2. The number of carbonyl (C=O) groups excluding carboxylic acids is 2. The summed E-state index contributed by atoms with van der Waals surface area (Å²) < 4.78 is 0. The molecule has 1 saturated heterocycles. The maximum atomic E-state index is 13.2. The molecule has 6 heteroatoms. The van der Waals surface area contributed by atoms with Crippen LogP contribution in [-0.2, 0) is 0 Å². The van der Waals surface area contributed by atoms with Crippen LogP contribution in [0.4, 0.5) is 4.79 Å². The molecule has 146 valence electrons. The van der Waals surface area contributed by atoms with E-state index in [2.05, 4.69) is 31.1 Å². The Balaban J connectivity index is 1.68. The molecule has 1 fully saturated rings. The molecule has 2 N–H and O–H groups in total. The summed E-state index contributed by atoms with van der Waals surface area (Å²) in [4.78, 5) is 32.6. The lowest BCUT2D eigenvalue weighted by atomic mass is 9.97. The lowest BCUT2D eigenvalue weighted by molar-refractivity contribution is 0.0763. The Morgan fingerprint density at radius 1 is 1.07 bits per heavy atom. The molecule has 27 heavy (non-hydrogen) atoms. The van der Waals surface area contributed by atoms with Crippen LogP contribution in [0.2, 0.25) is 0 Å². The van der Waals surface area contributed by atoms with Gasteiger partial charge in [0.1, 0.15) is 0 Å². The topological polar surface area (TPSA) is 68.4 Å². The predicted molar refractivity (Wildman–Crippen MR) is 108 cm³/mol. The van der Waals surface area contributed by atoms with Gasteiger partial charge in [-0.05, 0) is 24.8 Å². The van der Waals surface area contributed by atoms with Gasteiger partial charge in [0.05, 0.1) is 5.56 Å². The maximum absolute atomic E-state index is 13.2. The lowest BCUT2D eigenvalue weighted by Gasteiger charge is -2.25. The van der Waals surface area contributed by atoms with E-state index in [4.69, 9.17) is 0 Å². The number of rotatable bonds is 2. The number of amides is 3. The van der Waals surface area contributed by atoms with Crippen LogP contribution < -0.4 is 5.32 Å². The molecule has 1 aliphatic rings. The third-order valence-electron chi connectivity index (χ3n) is 4.95. The van der Waals surface area contributed by atoms with Gasteiger partial charge in [-0.1, -0.05) is 39.0 Å². The minimum atomic E-state index is -0.0394. The van der Waals surface area contributed by atoms with E-state index in [1.165, 1.54) is 0 Å². The van der Waals surface area contributed by atoms with Crippen molar-refractivity contribution in [1.82, 2.24) is 20.1 Å². The molecular weight excluding hydrogens is 340 g/mol. The fourth-order valence-electron chi connectivity index (χ4n) is 3.49. The first-order valence-corrected chi connectivity index (χ1v) is 9.65. The average Bonchev–Trinajstić information content (AvgIpc) is 2.79. The lowest BCUT2D eigenvalue weighted by Crippen LogP contribution is -2.44. The van der Waals surface area contributed by atoms with E-state index < -0.39 is 0 Å². The molecule has 1 aromatic carbocycles. The second-order valence-corrected chi connectivity index (χ2v) is 8.52. The van der Waals surface area contributed by atoms with Gasteiger partial charge in [-0.3, -0.25) is 4.79 Å². The molecule has 0 radical (unpaired) electrons. The van der Waals surface area contributed by atoms with Crippen molar-refractivity contribution in [3.05, 3.63) is 35.5 Å². The highest BCUT2D eigenvalue weighted by molar-refractivity contribution is 6.08. The number of aryl methyl sites for hydroxylation is 1. The van der Waals surface area contributed by atoms with Crippen LogP contribution in [0.25, 0.3) is 10.9 Å². The molecule has 3 rings (SSSR count). The number of benzene rings is 1. The number of urea groups is 1. The van der Waals surface area contributed by atoms with E-state index in [0.717, 1.165) is 28.6 Å². The van der Waals surface area contributed by atoms with Crippen molar-refractivity contribution in [3.63, 3.8) is 0 Å². The van der Waals surface area contributed by atoms with Crippen molar-refractivity contribution in [2.24, 2.45) is 5.41 Å². The third-order valence-corrected chi connectivity index (χ3v) is 4.95. The van der Waals surface area contributed by atoms with Gasteiger partial charge < -0.3 is 20.1 Å². The molecule has 0 atom stereocenters. The summed E-state index contributed by atoms with van der Waals surface area (Å²) in [5.41, 5.74) is 2.67. The quantitative estimate of drug-likeness (QED) is 0.851. The zero-order chi connectivity index (χ0) is 19.6. The van der Waals surface area contributed by atoms with Crippen molar-refractivity contribution in [1.29, 1.82) is 0 Å². The van der Waals surface area contributed by atoms with E-state index in [0.29, 0.717) is 32.7 Å². The number of H-pyrrole nitrogens is 1. The number of para-hydroxylation sites is 1. The maximum Gasteiger partial charge on any atom is 0.317 e. The first-order chi connectivity index (χ1) is 12.8. The second-order valence-electron chi connectivity index (χ2n) is 8.52. The van der Waals surface area contributed by atoms with Crippen molar-refractivity contribution in [2.75, 3.05) is 32.7 Å². The van der Waals surface area contributed by atoms with E-state index in [9.17, 15) is 9.59 Å². The first kappa shape index (κ1) is 19.3. The number of aromatic nitrogens is 1. The number of nitrogens with zero attached hydrogens (tertiary/aromatic N) is 2. The van der Waals surface area contributed by atoms with Gasteiger partial charge in [-0.25, -0.2) is 4.79 Å². The van der Waals surface area contributed by atoms with Gasteiger partial charge in [-0.15, -0.1) is 0 Å². The van der Waals surface area contributed by atoms with Crippen LogP contribution >= 0.6 is 0 Å². The molecule has 0 saturated carbocycles. The smallest absolute Gasteiger partial charge is 0.317 e. The molecule has 0 unspecified atom stereocenters. The van der Waals surface area contributed by atoms with Gasteiger partial charge >= 0.3 is 6.03 Å². The minimum Gasteiger partial charge on any atom is -0.358 e. The minimum absolute atomic E-state index is 0.0394. The van der Waals surface area contributed by atoms with Gasteiger partial charge in [0, 0.05) is 49.3 Å². The van der Waals surface area contributed by atoms with Gasteiger partial charge in [-0.2, -0.15) is 0 Å². The summed E-state index contributed by atoms with van der Waals surface area (Å²) in [6, 6.07) is 7.85. The molecule has 0 spiro atoms. The van der Waals surface area contributed by atoms with Crippen molar-refractivity contribution < 1.29 is 9.59 Å². The van der Waals surface area contributed by atoms with Gasteiger partial charge in [0.25, 0.3) is 5.91 Å². The molecule has 6 nitrogen and oxygen atoms in total. The number of hydrogen-bond donors (Lipinski definition) is 2. The fraction of sp³-hybridized carbons (Fsp3) is 0.524. The van der Waals surface area contributed by atoms with Crippen LogP contribution in [-0.4, -0.2) is 59.4 Å². The molecule has 1 aliphatic heterocycles. The fourth-order valence-corrected chi connectivity index (χ4v) is 3.49. The summed E-state index contributed by atoms with van der Waals surface area (Å²) in [7, 11) is 0. The summed E-state index contributed by atoms with van der Waals surface area (Å²) in [6.45, 7) is 11.3. The zero-order valence-electron chi connectivity index (χ0n) is 16.8. The van der Waals surface area contributed by atoms with E-state index in [-0.39, 0.29) is 17.4 Å². The Morgan fingerprint density at radius 2 is 1.74 bits per heavy atom. The number of carbonyl (C=O) groups is 2. The Labute approximate surface area is 160 Å². The van der Waals surface area contributed by atoms with Gasteiger partial charge in [0.2, 0.25) is 0 Å². The first-order valence-electron chi connectivity index (χ1n) is 9.65.